The summed E-state index contributed by atoms with van der Waals surface area (Å²) in [6.45, 7) is 0.202. The second-order valence-corrected chi connectivity index (χ2v) is 1.48. The minimum atomic E-state index is -0.0484. The zero-order valence-corrected chi connectivity index (χ0v) is 6.15. The molecule has 0 aliphatic heterocycles. The topological polar surface area (TPSA) is 93.1 Å². The molecule has 0 amide bonds. The monoisotopic (exact) mass is 155 g/mol. The summed E-state index contributed by atoms with van der Waals surface area (Å²) in [4.78, 5) is 3.74. The van der Waals surface area contributed by atoms with Crippen LogP contribution in [0.1, 0.15) is 0 Å². The number of nitriles is 1. The van der Waals surface area contributed by atoms with E-state index in [2.05, 4.69) is 20.5 Å². The molecule has 6 nitrogen and oxygen atoms in total. The summed E-state index contributed by atoms with van der Waals surface area (Å²) in [6, 6.07) is 0. The Morgan fingerprint density at radius 1 is 1.73 bits per heavy atom. The van der Waals surface area contributed by atoms with Gasteiger partial charge in [0.1, 0.15) is 0 Å². The number of aliphatic hydroxyl groups is 1. The smallest absolute Gasteiger partial charge is 0.238 e. The first kappa shape index (κ1) is 9.52. The number of aliphatic imine (C=N–C) groups is 1. The Morgan fingerprint density at radius 2 is 2.45 bits per heavy atom. The van der Waals surface area contributed by atoms with Crippen molar-refractivity contribution in [1.29, 1.82) is 5.26 Å². The summed E-state index contributed by atoms with van der Waals surface area (Å²) in [5.41, 5.74) is 0. The van der Waals surface area contributed by atoms with Gasteiger partial charge < -0.3 is 10.4 Å². The van der Waals surface area contributed by atoms with E-state index in [9.17, 15) is 0 Å². The van der Waals surface area contributed by atoms with Gasteiger partial charge in [-0.25, -0.2) is 4.99 Å². The third-order valence-electron chi connectivity index (χ3n) is 0.775. The maximum Gasteiger partial charge on any atom is 0.238 e. The first-order chi connectivity index (χ1) is 5.35. The van der Waals surface area contributed by atoms with E-state index in [1.54, 1.807) is 7.05 Å². The lowest BCUT2D eigenvalue weighted by Crippen LogP contribution is -2.16. The fourth-order valence-electron chi connectivity index (χ4n) is 0.386. The molecule has 0 aromatic rings. The Bertz CT molecular complexity index is 192. The van der Waals surface area contributed by atoms with E-state index >= 15 is 0 Å². The quantitative estimate of drug-likeness (QED) is 0.243. The van der Waals surface area contributed by atoms with Crippen LogP contribution in [0.2, 0.25) is 0 Å². The Kier molecular flexibility index (Phi) is 5.74. The molecule has 0 aromatic carbocycles. The molecule has 0 unspecified atom stereocenters. The highest BCUT2D eigenvalue weighted by Crippen LogP contribution is 1.78. The molecular formula is C5H9N5O. The van der Waals surface area contributed by atoms with Gasteiger partial charge in [-0.3, -0.25) is 0 Å². The molecule has 0 radical (unpaired) electrons. The van der Waals surface area contributed by atoms with Crippen LogP contribution in [0.4, 0.5) is 0 Å². The number of nitrogens with one attached hydrogen (secondary N) is 1. The minimum absolute atomic E-state index is 0.0484. The van der Waals surface area contributed by atoms with Crippen molar-refractivity contribution in [3.8, 4) is 6.19 Å². The van der Waals surface area contributed by atoms with Crippen LogP contribution in [-0.4, -0.2) is 31.3 Å². The van der Waals surface area contributed by atoms with Gasteiger partial charge in [-0.2, -0.15) is 5.26 Å². The Morgan fingerprint density at radius 3 is 2.91 bits per heavy atom. The molecule has 0 saturated heterocycles. The standard InChI is InChI=1S/C5H9N5O/c1-7-5(8-2-3-11)10-9-4-6/h11H,2-3H2,1H3,(H,7,8)/b10-9+. The molecule has 0 heterocycles. The van der Waals surface area contributed by atoms with Crippen LogP contribution in [0.25, 0.3) is 0 Å². The van der Waals surface area contributed by atoms with Crippen LogP contribution in [-0.2, 0) is 0 Å². The molecule has 0 fully saturated rings. The van der Waals surface area contributed by atoms with Crippen molar-refractivity contribution in [2.24, 2.45) is 15.2 Å². The number of hydrogen-bond acceptors (Lipinski definition) is 4. The van der Waals surface area contributed by atoms with Gasteiger partial charge in [0, 0.05) is 7.05 Å². The number of rotatable bonds is 2. The maximum absolute atomic E-state index is 8.36. The number of hydrogen-bond donors (Lipinski definition) is 2. The summed E-state index contributed by atoms with van der Waals surface area (Å²) < 4.78 is 0. The lowest BCUT2D eigenvalue weighted by Gasteiger charge is -1.94. The minimum Gasteiger partial charge on any atom is -0.394 e. The van der Waals surface area contributed by atoms with Crippen LogP contribution >= 0.6 is 0 Å². The second kappa shape index (κ2) is 6.64. The highest BCUT2D eigenvalue weighted by Gasteiger charge is 1.88. The van der Waals surface area contributed by atoms with Gasteiger partial charge in [0.2, 0.25) is 12.2 Å². The molecular weight excluding hydrogens is 146 g/mol. The molecule has 2 N–H and O–H groups in total. The van der Waals surface area contributed by atoms with Gasteiger partial charge in [0.15, 0.2) is 0 Å². The maximum atomic E-state index is 8.36. The zero-order valence-electron chi connectivity index (χ0n) is 6.15. The average Bonchev–Trinajstić information content (AvgIpc) is 2.05. The molecule has 60 valence electrons. The summed E-state index contributed by atoms with van der Waals surface area (Å²) in [5.74, 6) is 0.237. The molecule has 0 aliphatic carbocycles. The molecule has 0 aliphatic rings. The molecule has 0 rings (SSSR count). The van der Waals surface area contributed by atoms with Gasteiger partial charge in [-0.1, -0.05) is 5.11 Å². The van der Waals surface area contributed by atoms with Crippen molar-refractivity contribution in [3.05, 3.63) is 0 Å². The van der Waals surface area contributed by atoms with E-state index in [-0.39, 0.29) is 19.1 Å². The van der Waals surface area contributed by atoms with Crippen LogP contribution in [0.5, 0.6) is 0 Å². The largest absolute Gasteiger partial charge is 0.394 e. The Balaban J connectivity index is 3.96. The third-order valence-corrected chi connectivity index (χ3v) is 0.775. The summed E-state index contributed by atoms with van der Waals surface area (Å²) in [7, 11) is 1.60. The molecule has 0 spiro atoms. The predicted octanol–water partition coefficient (Wildman–Crippen LogP) is -0.513. The van der Waals surface area contributed by atoms with Gasteiger partial charge in [-0.05, 0) is 0 Å². The van der Waals surface area contributed by atoms with Crippen molar-refractivity contribution >= 4 is 5.96 Å². The number of guanidine groups is 1. The van der Waals surface area contributed by atoms with Crippen LogP contribution < -0.4 is 5.32 Å². The zero-order chi connectivity index (χ0) is 8.53. The van der Waals surface area contributed by atoms with Gasteiger partial charge in [0.25, 0.3) is 0 Å². The lowest BCUT2D eigenvalue weighted by molar-refractivity contribution is 0.306. The van der Waals surface area contributed by atoms with E-state index in [1.165, 1.54) is 6.19 Å². The van der Waals surface area contributed by atoms with Crippen LogP contribution in [0.15, 0.2) is 15.2 Å². The normalized spacial score (nSPS) is 11.5. The number of aliphatic hydroxyl groups excluding tert-OH is 1. The molecule has 0 bridgehead atoms. The SMILES string of the molecule is CNC(/N=N/C#N)=N\CCO. The van der Waals surface area contributed by atoms with Gasteiger partial charge >= 0.3 is 0 Å². The lowest BCUT2D eigenvalue weighted by atomic mass is 10.7. The molecule has 0 saturated carbocycles. The van der Waals surface area contributed by atoms with Crippen LogP contribution in [0, 0.1) is 11.5 Å². The molecule has 6 heteroatoms. The summed E-state index contributed by atoms with van der Waals surface area (Å²) in [6.07, 6.45) is 1.48. The number of azo groups is 1. The van der Waals surface area contributed by atoms with Crippen molar-refractivity contribution in [3.63, 3.8) is 0 Å². The van der Waals surface area contributed by atoms with E-state index < -0.39 is 0 Å². The third kappa shape index (κ3) is 4.99. The fourth-order valence-corrected chi connectivity index (χ4v) is 0.386. The highest BCUT2D eigenvalue weighted by atomic mass is 16.3. The average molecular weight is 155 g/mol. The van der Waals surface area contributed by atoms with Crippen LogP contribution in [0.3, 0.4) is 0 Å². The van der Waals surface area contributed by atoms with Crippen molar-refractivity contribution < 1.29 is 5.11 Å². The van der Waals surface area contributed by atoms with Gasteiger partial charge in [0.05, 0.1) is 13.2 Å². The van der Waals surface area contributed by atoms with Crippen molar-refractivity contribution in [1.82, 2.24) is 5.32 Å². The van der Waals surface area contributed by atoms with E-state index in [4.69, 9.17) is 10.4 Å². The van der Waals surface area contributed by atoms with E-state index in [1.807, 2.05) is 0 Å². The first-order valence-electron chi connectivity index (χ1n) is 2.98. The van der Waals surface area contributed by atoms with E-state index in [0.29, 0.717) is 0 Å². The van der Waals surface area contributed by atoms with Crippen molar-refractivity contribution in [2.75, 3.05) is 20.2 Å². The summed E-state index contributed by atoms with van der Waals surface area (Å²) in [5, 5.41) is 25.4. The van der Waals surface area contributed by atoms with E-state index in [0.717, 1.165) is 0 Å². The Hall–Kier alpha value is -1.48. The second-order valence-electron chi connectivity index (χ2n) is 1.48. The molecule has 11 heavy (non-hydrogen) atoms. The molecule has 0 aromatic heterocycles. The Labute approximate surface area is 64.3 Å². The molecule has 0 atom stereocenters. The fraction of sp³-hybridized carbons (Fsp3) is 0.600. The van der Waals surface area contributed by atoms with Crippen molar-refractivity contribution in [2.45, 2.75) is 0 Å². The number of nitrogens with zero attached hydrogens (tertiary/aromatic N) is 4. The first-order valence-corrected chi connectivity index (χ1v) is 2.98. The highest BCUT2D eigenvalue weighted by molar-refractivity contribution is 5.79. The van der Waals surface area contributed by atoms with Gasteiger partial charge in [-0.15, -0.1) is 5.11 Å². The summed E-state index contributed by atoms with van der Waals surface area (Å²) >= 11 is 0. The predicted molar refractivity (Wildman–Crippen MR) is 38.9 cm³/mol.